The summed E-state index contributed by atoms with van der Waals surface area (Å²) in [6, 6.07) is 5.86. The van der Waals surface area contributed by atoms with Crippen molar-refractivity contribution in [3.8, 4) is 0 Å². The summed E-state index contributed by atoms with van der Waals surface area (Å²) in [6.45, 7) is 7.71. The third kappa shape index (κ3) is 4.80. The predicted octanol–water partition coefficient (Wildman–Crippen LogP) is 3.35. The van der Waals surface area contributed by atoms with Gasteiger partial charge in [0.1, 0.15) is 5.82 Å². The number of halogens is 3. The van der Waals surface area contributed by atoms with Crippen LogP contribution in [-0.2, 0) is 4.74 Å². The van der Waals surface area contributed by atoms with Crippen LogP contribution in [0.15, 0.2) is 18.2 Å². The van der Waals surface area contributed by atoms with Gasteiger partial charge in [0.15, 0.2) is 0 Å². The summed E-state index contributed by atoms with van der Waals surface area (Å²) in [5.74, 6) is 0.483. The molecule has 1 atom stereocenters. The zero-order valence-electron chi connectivity index (χ0n) is 13.6. The molecule has 2 heterocycles. The molecule has 1 aromatic rings. The smallest absolute Gasteiger partial charge is 0.126 e. The summed E-state index contributed by atoms with van der Waals surface area (Å²) in [4.78, 5) is 2.54. The van der Waals surface area contributed by atoms with Crippen molar-refractivity contribution in [1.82, 2.24) is 10.2 Å². The van der Waals surface area contributed by atoms with Crippen LogP contribution in [0.1, 0.15) is 30.0 Å². The number of benzene rings is 1. The second kappa shape index (κ2) is 9.80. The maximum absolute atomic E-state index is 14.0. The van der Waals surface area contributed by atoms with E-state index in [1.165, 1.54) is 5.56 Å². The van der Waals surface area contributed by atoms with E-state index >= 15 is 0 Å². The highest BCUT2D eigenvalue weighted by Crippen LogP contribution is 2.37. The van der Waals surface area contributed by atoms with E-state index in [2.05, 4.69) is 16.3 Å². The molecule has 0 radical (unpaired) electrons. The van der Waals surface area contributed by atoms with E-state index in [0.29, 0.717) is 12.0 Å². The molecular weight excluding hydrogens is 338 g/mol. The van der Waals surface area contributed by atoms with Crippen molar-refractivity contribution in [2.24, 2.45) is 5.92 Å². The summed E-state index contributed by atoms with van der Waals surface area (Å²) in [5, 5.41) is 3.41. The summed E-state index contributed by atoms with van der Waals surface area (Å²) in [7, 11) is 0. The largest absolute Gasteiger partial charge is 0.381 e. The lowest BCUT2D eigenvalue weighted by atomic mass is 9.84. The fourth-order valence-electron chi connectivity index (χ4n) is 3.69. The topological polar surface area (TPSA) is 24.5 Å². The van der Waals surface area contributed by atoms with Crippen LogP contribution in [0.5, 0.6) is 0 Å². The van der Waals surface area contributed by atoms with Gasteiger partial charge in [-0.05, 0) is 42.9 Å². The fraction of sp³-hybridized carbons (Fsp3) is 0.647. The van der Waals surface area contributed by atoms with Crippen molar-refractivity contribution >= 4 is 24.8 Å². The second-order valence-electron chi connectivity index (χ2n) is 6.13. The molecule has 2 fully saturated rings. The van der Waals surface area contributed by atoms with Crippen LogP contribution in [-0.4, -0.2) is 44.3 Å². The van der Waals surface area contributed by atoms with E-state index in [9.17, 15) is 4.39 Å². The second-order valence-corrected chi connectivity index (χ2v) is 6.13. The molecule has 3 nitrogen and oxygen atoms in total. The third-order valence-electron chi connectivity index (χ3n) is 4.89. The Balaban J connectivity index is 0.00000132. The quantitative estimate of drug-likeness (QED) is 0.889. The molecule has 1 N–H and O–H groups in total. The van der Waals surface area contributed by atoms with E-state index in [-0.39, 0.29) is 30.6 Å². The number of hydrogen-bond acceptors (Lipinski definition) is 3. The molecule has 2 saturated heterocycles. The van der Waals surface area contributed by atoms with Gasteiger partial charge in [-0.2, -0.15) is 0 Å². The maximum Gasteiger partial charge on any atom is 0.126 e. The van der Waals surface area contributed by atoms with Crippen molar-refractivity contribution in [2.75, 3.05) is 39.4 Å². The Hall–Kier alpha value is -0.390. The summed E-state index contributed by atoms with van der Waals surface area (Å²) in [6.07, 6.45) is 2.15. The van der Waals surface area contributed by atoms with E-state index in [0.717, 1.165) is 57.8 Å². The number of piperazine rings is 1. The average Bonchev–Trinajstić information content (AvgIpc) is 2.54. The van der Waals surface area contributed by atoms with Crippen molar-refractivity contribution in [2.45, 2.75) is 25.8 Å². The van der Waals surface area contributed by atoms with Gasteiger partial charge in [0.2, 0.25) is 0 Å². The Morgan fingerprint density at radius 3 is 2.48 bits per heavy atom. The van der Waals surface area contributed by atoms with Crippen LogP contribution < -0.4 is 5.32 Å². The molecular formula is C17H27Cl2FN2O. The molecule has 132 valence electrons. The molecule has 2 aliphatic rings. The first-order valence-electron chi connectivity index (χ1n) is 8.05. The standard InChI is InChI=1S/C17H25FN2O.2ClH/c1-13-15(3-2-4-16(13)18)17(14-5-11-21-12-6-14)20-9-7-19-8-10-20;;/h2-4,14,17,19H,5-12H2,1H3;2*1H/t17-;;/m1../s1. The minimum Gasteiger partial charge on any atom is -0.381 e. The minimum atomic E-state index is -0.0836. The van der Waals surface area contributed by atoms with Gasteiger partial charge in [-0.3, -0.25) is 4.90 Å². The van der Waals surface area contributed by atoms with E-state index in [4.69, 9.17) is 4.74 Å². The van der Waals surface area contributed by atoms with Crippen LogP contribution in [0.2, 0.25) is 0 Å². The van der Waals surface area contributed by atoms with Crippen LogP contribution >= 0.6 is 24.8 Å². The first-order chi connectivity index (χ1) is 10.3. The van der Waals surface area contributed by atoms with E-state index in [1.807, 2.05) is 13.0 Å². The zero-order valence-corrected chi connectivity index (χ0v) is 15.2. The normalized spacial score (nSPS) is 21.1. The lowest BCUT2D eigenvalue weighted by Crippen LogP contribution is -2.47. The van der Waals surface area contributed by atoms with E-state index < -0.39 is 0 Å². The van der Waals surface area contributed by atoms with Gasteiger partial charge in [-0.25, -0.2) is 4.39 Å². The maximum atomic E-state index is 14.0. The van der Waals surface area contributed by atoms with Crippen LogP contribution in [0, 0.1) is 18.7 Å². The van der Waals surface area contributed by atoms with Gasteiger partial charge in [0.25, 0.3) is 0 Å². The van der Waals surface area contributed by atoms with Crippen molar-refractivity contribution in [1.29, 1.82) is 0 Å². The molecule has 0 aliphatic carbocycles. The zero-order chi connectivity index (χ0) is 14.7. The Morgan fingerprint density at radius 1 is 1.17 bits per heavy atom. The molecule has 0 amide bonds. The van der Waals surface area contributed by atoms with Crippen molar-refractivity contribution in [3.63, 3.8) is 0 Å². The Labute approximate surface area is 150 Å². The molecule has 23 heavy (non-hydrogen) atoms. The summed E-state index contributed by atoms with van der Waals surface area (Å²) >= 11 is 0. The Morgan fingerprint density at radius 2 is 1.83 bits per heavy atom. The number of nitrogens with one attached hydrogen (secondary N) is 1. The molecule has 3 rings (SSSR count). The van der Waals surface area contributed by atoms with Gasteiger partial charge < -0.3 is 10.1 Å². The predicted molar refractivity (Wildman–Crippen MR) is 96.4 cm³/mol. The molecule has 1 aromatic carbocycles. The van der Waals surface area contributed by atoms with Crippen LogP contribution in [0.25, 0.3) is 0 Å². The van der Waals surface area contributed by atoms with Crippen LogP contribution in [0.4, 0.5) is 4.39 Å². The Bertz CT molecular complexity index is 460. The van der Waals surface area contributed by atoms with Gasteiger partial charge in [0, 0.05) is 45.4 Å². The summed E-state index contributed by atoms with van der Waals surface area (Å²) < 4.78 is 19.5. The first kappa shape index (κ1) is 20.7. The van der Waals surface area contributed by atoms with Crippen molar-refractivity contribution in [3.05, 3.63) is 35.1 Å². The lowest BCUT2D eigenvalue weighted by molar-refractivity contribution is 0.0210. The third-order valence-corrected chi connectivity index (χ3v) is 4.89. The minimum absolute atomic E-state index is 0. The highest BCUT2D eigenvalue weighted by Gasteiger charge is 2.32. The highest BCUT2D eigenvalue weighted by atomic mass is 35.5. The molecule has 0 aromatic heterocycles. The number of hydrogen-bond donors (Lipinski definition) is 1. The molecule has 2 aliphatic heterocycles. The molecule has 0 bridgehead atoms. The first-order valence-corrected chi connectivity index (χ1v) is 8.05. The highest BCUT2D eigenvalue weighted by molar-refractivity contribution is 5.85. The summed E-state index contributed by atoms with van der Waals surface area (Å²) in [5.41, 5.74) is 1.98. The number of nitrogens with zero attached hydrogens (tertiary/aromatic N) is 1. The molecule has 6 heteroatoms. The van der Waals surface area contributed by atoms with Crippen molar-refractivity contribution < 1.29 is 9.13 Å². The van der Waals surface area contributed by atoms with Crippen LogP contribution in [0.3, 0.4) is 0 Å². The van der Waals surface area contributed by atoms with Gasteiger partial charge >= 0.3 is 0 Å². The van der Waals surface area contributed by atoms with Gasteiger partial charge in [-0.15, -0.1) is 24.8 Å². The average molecular weight is 365 g/mol. The SMILES string of the molecule is Cc1c(F)cccc1[C@@H](C1CCOCC1)N1CCNCC1.Cl.Cl. The Kier molecular flexibility index (Phi) is 8.80. The van der Waals surface area contributed by atoms with Gasteiger partial charge in [-0.1, -0.05) is 12.1 Å². The fourth-order valence-corrected chi connectivity index (χ4v) is 3.69. The van der Waals surface area contributed by atoms with Gasteiger partial charge in [0.05, 0.1) is 0 Å². The number of rotatable bonds is 3. The number of ether oxygens (including phenoxy) is 1. The molecule has 0 unspecified atom stereocenters. The molecule has 0 saturated carbocycles. The van der Waals surface area contributed by atoms with E-state index in [1.54, 1.807) is 6.07 Å². The monoisotopic (exact) mass is 364 g/mol. The lowest BCUT2D eigenvalue weighted by Gasteiger charge is -2.41. The molecule has 0 spiro atoms.